The normalized spacial score (nSPS) is 9.81. The van der Waals surface area contributed by atoms with Crippen LogP contribution in [0.3, 0.4) is 0 Å². The van der Waals surface area contributed by atoms with Crippen LogP contribution in [0, 0.1) is 0 Å². The molecule has 8 heteroatoms. The van der Waals surface area contributed by atoms with Crippen molar-refractivity contribution in [2.75, 3.05) is 11.9 Å². The van der Waals surface area contributed by atoms with E-state index in [1.165, 1.54) is 0 Å². The van der Waals surface area contributed by atoms with Crippen molar-refractivity contribution in [3.63, 3.8) is 0 Å². The van der Waals surface area contributed by atoms with Gasteiger partial charge < -0.3 is 11.1 Å². The molecule has 0 spiro atoms. The number of urea groups is 1. The van der Waals surface area contributed by atoms with Gasteiger partial charge in [0.15, 0.2) is 11.5 Å². The summed E-state index contributed by atoms with van der Waals surface area (Å²) in [6, 6.07) is -0.768. The maximum atomic E-state index is 11.6. The maximum Gasteiger partial charge on any atom is 0.317 e. The van der Waals surface area contributed by atoms with Crippen LogP contribution in [0.25, 0.3) is 0 Å². The molecule has 16 heavy (non-hydrogen) atoms. The zero-order valence-electron chi connectivity index (χ0n) is 8.82. The summed E-state index contributed by atoms with van der Waals surface area (Å²) in [4.78, 5) is 22.2. The highest BCUT2D eigenvalue weighted by Crippen LogP contribution is 2.11. The molecule has 88 valence electrons. The lowest BCUT2D eigenvalue weighted by Gasteiger charge is -2.03. The number of hydrogen-bond acceptors (Lipinski definition) is 5. The zero-order valence-corrected chi connectivity index (χ0v) is 9.63. The third kappa shape index (κ3) is 3.46. The average molecular weight is 243 g/mol. The van der Waals surface area contributed by atoms with Crippen molar-refractivity contribution < 1.29 is 9.59 Å². The van der Waals surface area contributed by atoms with Gasteiger partial charge in [0.2, 0.25) is 0 Å². The molecular weight excluding hydrogens is 230 g/mol. The van der Waals surface area contributed by atoms with Crippen LogP contribution in [0.4, 0.5) is 10.6 Å². The molecule has 0 aliphatic heterocycles. The van der Waals surface area contributed by atoms with Gasteiger partial charge in [0.1, 0.15) is 0 Å². The fourth-order valence-corrected chi connectivity index (χ4v) is 1.50. The summed E-state index contributed by atoms with van der Waals surface area (Å²) >= 11 is 0.845. The lowest BCUT2D eigenvalue weighted by Crippen LogP contribution is -2.27. The van der Waals surface area contributed by atoms with Gasteiger partial charge in [-0.2, -0.15) is 8.75 Å². The van der Waals surface area contributed by atoms with E-state index in [0.29, 0.717) is 6.54 Å². The van der Waals surface area contributed by atoms with E-state index in [0.717, 1.165) is 24.6 Å². The van der Waals surface area contributed by atoms with Gasteiger partial charge in [0, 0.05) is 6.54 Å². The van der Waals surface area contributed by atoms with Gasteiger partial charge in [0.25, 0.3) is 5.91 Å². The smallest absolute Gasteiger partial charge is 0.317 e. The van der Waals surface area contributed by atoms with Gasteiger partial charge >= 0.3 is 6.03 Å². The highest BCUT2D eigenvalue weighted by molar-refractivity contribution is 6.99. The zero-order chi connectivity index (χ0) is 12.0. The minimum Gasteiger partial charge on any atom is -0.351 e. The Morgan fingerprint density at radius 3 is 2.81 bits per heavy atom. The quantitative estimate of drug-likeness (QED) is 0.656. The van der Waals surface area contributed by atoms with Gasteiger partial charge in [-0.05, 0) is 6.42 Å². The molecule has 1 heterocycles. The monoisotopic (exact) mass is 243 g/mol. The number of rotatable bonds is 5. The van der Waals surface area contributed by atoms with Gasteiger partial charge in [-0.3, -0.25) is 10.1 Å². The Labute approximate surface area is 96.7 Å². The van der Waals surface area contributed by atoms with Crippen LogP contribution in [-0.4, -0.2) is 27.2 Å². The molecule has 0 saturated heterocycles. The van der Waals surface area contributed by atoms with Crippen molar-refractivity contribution in [2.45, 2.75) is 19.8 Å². The second-order valence-corrected chi connectivity index (χ2v) is 3.59. The van der Waals surface area contributed by atoms with E-state index in [1.807, 2.05) is 6.92 Å². The second kappa shape index (κ2) is 6.01. The predicted molar refractivity (Wildman–Crippen MR) is 60.4 cm³/mol. The predicted octanol–water partition coefficient (Wildman–Crippen LogP) is 0.559. The molecule has 0 aliphatic rings. The van der Waals surface area contributed by atoms with Crippen molar-refractivity contribution in [1.29, 1.82) is 0 Å². The first-order valence-electron chi connectivity index (χ1n) is 4.82. The number of unbranched alkanes of at least 4 members (excludes halogenated alkanes) is 1. The number of anilines is 1. The van der Waals surface area contributed by atoms with Gasteiger partial charge in [-0.25, -0.2) is 4.79 Å². The number of nitrogens with one attached hydrogen (secondary N) is 2. The highest BCUT2D eigenvalue weighted by Gasteiger charge is 2.16. The van der Waals surface area contributed by atoms with Crippen molar-refractivity contribution in [2.24, 2.45) is 5.73 Å². The molecular formula is C8H13N5O2S. The van der Waals surface area contributed by atoms with E-state index in [2.05, 4.69) is 19.4 Å². The number of primary amides is 1. The maximum absolute atomic E-state index is 11.6. The molecule has 1 rings (SSSR count). The van der Waals surface area contributed by atoms with Crippen LogP contribution in [0.2, 0.25) is 0 Å². The molecule has 0 atom stereocenters. The number of hydrogen-bond donors (Lipinski definition) is 3. The molecule has 1 aromatic rings. The lowest BCUT2D eigenvalue weighted by atomic mass is 10.3. The van der Waals surface area contributed by atoms with E-state index < -0.39 is 6.03 Å². The molecule has 1 aromatic heterocycles. The summed E-state index contributed by atoms with van der Waals surface area (Å²) in [5.41, 5.74) is 5.03. The van der Waals surface area contributed by atoms with E-state index in [9.17, 15) is 9.59 Å². The van der Waals surface area contributed by atoms with E-state index in [-0.39, 0.29) is 17.4 Å². The number of aromatic nitrogens is 2. The Morgan fingerprint density at radius 2 is 2.19 bits per heavy atom. The minimum absolute atomic E-state index is 0.0971. The van der Waals surface area contributed by atoms with Crippen LogP contribution in [0.5, 0.6) is 0 Å². The number of carbonyl (C=O) groups excluding carboxylic acids is 2. The van der Waals surface area contributed by atoms with Crippen molar-refractivity contribution in [3.05, 3.63) is 5.69 Å². The highest BCUT2D eigenvalue weighted by atomic mass is 32.1. The van der Waals surface area contributed by atoms with Crippen LogP contribution < -0.4 is 16.4 Å². The summed E-state index contributed by atoms with van der Waals surface area (Å²) in [5.74, 6) is -0.252. The minimum atomic E-state index is -0.768. The summed E-state index contributed by atoms with van der Waals surface area (Å²) in [5, 5.41) is 4.91. The first-order chi connectivity index (χ1) is 7.65. The fraction of sp³-hybridized carbons (Fsp3) is 0.500. The van der Waals surface area contributed by atoms with Crippen molar-refractivity contribution in [3.8, 4) is 0 Å². The topological polar surface area (TPSA) is 110 Å². The largest absolute Gasteiger partial charge is 0.351 e. The Kier molecular flexibility index (Phi) is 4.65. The summed E-state index contributed by atoms with van der Waals surface area (Å²) in [6.45, 7) is 2.60. The molecule has 3 amide bonds. The molecule has 0 aromatic carbocycles. The summed E-state index contributed by atoms with van der Waals surface area (Å²) < 4.78 is 7.56. The second-order valence-electron chi connectivity index (χ2n) is 3.06. The molecule has 4 N–H and O–H groups in total. The van der Waals surface area contributed by atoms with E-state index >= 15 is 0 Å². The number of nitrogens with two attached hydrogens (primary N) is 1. The van der Waals surface area contributed by atoms with Crippen LogP contribution >= 0.6 is 11.7 Å². The molecule has 0 saturated carbocycles. The number of nitrogens with zero attached hydrogens (tertiary/aromatic N) is 2. The Balaban J connectivity index is 2.61. The third-order valence-corrected chi connectivity index (χ3v) is 2.29. The summed E-state index contributed by atoms with van der Waals surface area (Å²) in [6.07, 6.45) is 1.88. The Morgan fingerprint density at radius 1 is 1.44 bits per heavy atom. The molecule has 0 aliphatic carbocycles. The van der Waals surface area contributed by atoms with E-state index in [4.69, 9.17) is 5.73 Å². The Hall–Kier alpha value is -1.70. The SMILES string of the molecule is CCCCNC(=O)c1nsnc1NC(N)=O. The number of carbonyl (C=O) groups is 2. The summed E-state index contributed by atoms with van der Waals surface area (Å²) in [7, 11) is 0. The molecule has 0 bridgehead atoms. The van der Waals surface area contributed by atoms with Crippen LogP contribution in [0.1, 0.15) is 30.3 Å². The van der Waals surface area contributed by atoms with Crippen molar-refractivity contribution in [1.82, 2.24) is 14.1 Å². The molecule has 7 nitrogen and oxygen atoms in total. The standard InChI is InChI=1S/C8H13N5O2S/c1-2-3-4-10-7(14)5-6(11-8(9)15)13-16-12-5/h2-4H2,1H3,(H,10,14)(H3,9,11,13,15). The van der Waals surface area contributed by atoms with Gasteiger partial charge in [-0.1, -0.05) is 13.3 Å². The van der Waals surface area contributed by atoms with Gasteiger partial charge in [-0.15, -0.1) is 0 Å². The molecule has 0 fully saturated rings. The fourth-order valence-electron chi connectivity index (χ4n) is 0.999. The first-order valence-corrected chi connectivity index (χ1v) is 5.55. The van der Waals surface area contributed by atoms with Crippen LogP contribution in [-0.2, 0) is 0 Å². The van der Waals surface area contributed by atoms with E-state index in [1.54, 1.807) is 0 Å². The van der Waals surface area contributed by atoms with Crippen LogP contribution in [0.15, 0.2) is 0 Å². The van der Waals surface area contributed by atoms with Crippen molar-refractivity contribution >= 4 is 29.5 Å². The lowest BCUT2D eigenvalue weighted by molar-refractivity contribution is 0.0950. The number of amides is 3. The third-order valence-electron chi connectivity index (χ3n) is 1.76. The first kappa shape index (κ1) is 12.4. The molecule has 0 unspecified atom stereocenters. The molecule has 0 radical (unpaired) electrons. The van der Waals surface area contributed by atoms with Gasteiger partial charge in [0.05, 0.1) is 11.7 Å². The average Bonchev–Trinajstić information content (AvgIpc) is 2.65. The Bertz CT molecular complexity index is 378.